The molecule has 1 aromatic rings. The molecule has 11 heteroatoms. The molecule has 2 N–H and O–H groups in total. The molecule has 33 heavy (non-hydrogen) atoms. The molecule has 0 unspecified atom stereocenters. The van der Waals surface area contributed by atoms with E-state index in [4.69, 9.17) is 23.2 Å². The Kier molecular flexibility index (Phi) is 5.04. The Hall–Kier alpha value is -1.94. The molecule has 6 atom stereocenters. The number of likely N-dealkylation sites (tertiary alicyclic amines) is 1. The van der Waals surface area contributed by atoms with Crippen LogP contribution < -0.4 is 0 Å². The van der Waals surface area contributed by atoms with Gasteiger partial charge in [0, 0.05) is 5.92 Å². The normalized spacial score (nSPS) is 37.8. The third-order valence-electron chi connectivity index (χ3n) is 7.55. The maximum atomic E-state index is 13.5. The Labute approximate surface area is 207 Å². The number of aromatic hydroxyl groups is 1. The predicted molar refractivity (Wildman–Crippen MR) is 120 cm³/mol. The number of hydrogen-bond acceptors (Lipinski definition) is 6. The number of hydrogen-bond donors (Lipinski definition) is 2. The number of allylic oxidation sites excluding steroid dienone is 2. The number of carbonyl (C=O) groups is 4. The SMILES string of the molecule is Cc1cc([C@H]2C3=CC[C@@H]4C(=O)N(O)C(=O)[C@@H]4[C@@H]3C[C@@]3(Cl)C(=O)N(CBr)C(=O)[C@@]23Cl)ccc1O. The molecule has 4 amide bonds. The first-order valence-electron chi connectivity index (χ1n) is 10.3. The molecule has 5 rings (SSSR count). The molecular weight excluding hydrogens is 539 g/mol. The highest BCUT2D eigenvalue weighted by Gasteiger charge is 2.76. The minimum atomic E-state index is -1.89. The van der Waals surface area contributed by atoms with Gasteiger partial charge in [0.15, 0.2) is 9.75 Å². The van der Waals surface area contributed by atoms with E-state index in [1.54, 1.807) is 25.1 Å². The van der Waals surface area contributed by atoms with Crippen molar-refractivity contribution in [1.82, 2.24) is 9.96 Å². The van der Waals surface area contributed by atoms with Gasteiger partial charge in [0.1, 0.15) is 5.75 Å². The summed E-state index contributed by atoms with van der Waals surface area (Å²) in [5.74, 6) is -6.01. The summed E-state index contributed by atoms with van der Waals surface area (Å²) in [5.41, 5.74) is 1.61. The molecule has 0 radical (unpaired) electrons. The number of aryl methyl sites for hydroxylation is 1. The van der Waals surface area contributed by atoms with Crippen LogP contribution in [0.15, 0.2) is 29.8 Å². The summed E-state index contributed by atoms with van der Waals surface area (Å²) in [6.45, 7) is 1.69. The van der Waals surface area contributed by atoms with Gasteiger partial charge in [-0.1, -0.05) is 39.7 Å². The van der Waals surface area contributed by atoms with Crippen molar-refractivity contribution >= 4 is 62.8 Å². The van der Waals surface area contributed by atoms with Gasteiger partial charge in [0.25, 0.3) is 23.6 Å². The van der Waals surface area contributed by atoms with Gasteiger partial charge in [0.2, 0.25) is 0 Å². The van der Waals surface area contributed by atoms with Gasteiger partial charge in [0.05, 0.1) is 17.3 Å². The second-order valence-corrected chi connectivity index (χ2v) is 10.8. The minimum absolute atomic E-state index is 0.0490. The standard InChI is InChI=1S/C22H19BrCl2N2O6/c1-9-6-10(2-5-14(9)28)16-11-3-4-12-15(18(30)27(33)17(12)29)13(11)7-21(24)19(31)26(8-23)20(32)22(16,21)25/h2-3,5-6,12-13,15-16,28,33H,4,7-8H2,1H3/t12-,13+,15-,16-,21+,22-/m0/s1. The summed E-state index contributed by atoms with van der Waals surface area (Å²) < 4.78 is 0. The van der Waals surface area contributed by atoms with Crippen molar-refractivity contribution in [3.05, 3.63) is 41.0 Å². The maximum Gasteiger partial charge on any atom is 0.257 e. The van der Waals surface area contributed by atoms with Gasteiger partial charge >= 0.3 is 0 Å². The number of alkyl halides is 3. The highest BCUT2D eigenvalue weighted by molar-refractivity contribution is 9.09. The average molecular weight is 558 g/mol. The van der Waals surface area contributed by atoms with E-state index < -0.39 is 57.0 Å². The zero-order valence-electron chi connectivity index (χ0n) is 17.3. The zero-order valence-corrected chi connectivity index (χ0v) is 20.4. The molecule has 1 aromatic carbocycles. The fraction of sp³-hybridized carbons (Fsp3) is 0.455. The fourth-order valence-corrected chi connectivity index (χ4v) is 7.39. The molecule has 0 bridgehead atoms. The minimum Gasteiger partial charge on any atom is -0.508 e. The summed E-state index contributed by atoms with van der Waals surface area (Å²) in [7, 11) is 0. The molecule has 4 aliphatic rings. The molecule has 0 aromatic heterocycles. The van der Waals surface area contributed by atoms with E-state index in [1.165, 1.54) is 6.07 Å². The molecule has 3 fully saturated rings. The van der Waals surface area contributed by atoms with Crippen molar-refractivity contribution in [2.45, 2.75) is 35.4 Å². The number of phenolic OH excluding ortho intramolecular Hbond substituents is 1. The zero-order chi connectivity index (χ0) is 24.0. The van der Waals surface area contributed by atoms with Crippen LogP contribution in [0.4, 0.5) is 0 Å². The van der Waals surface area contributed by atoms with Crippen LogP contribution in [-0.4, -0.2) is 59.1 Å². The second-order valence-electron chi connectivity index (χ2n) is 9.02. The highest BCUT2D eigenvalue weighted by atomic mass is 79.9. The van der Waals surface area contributed by atoms with Crippen LogP contribution in [-0.2, 0) is 19.2 Å². The molecule has 0 spiro atoms. The lowest BCUT2D eigenvalue weighted by Gasteiger charge is -2.50. The van der Waals surface area contributed by atoms with Crippen LogP contribution in [0.2, 0.25) is 0 Å². The smallest absolute Gasteiger partial charge is 0.257 e. The predicted octanol–water partition coefficient (Wildman–Crippen LogP) is 2.80. The van der Waals surface area contributed by atoms with Crippen molar-refractivity contribution in [3.8, 4) is 5.75 Å². The quantitative estimate of drug-likeness (QED) is 0.190. The lowest BCUT2D eigenvalue weighted by atomic mass is 9.56. The summed E-state index contributed by atoms with van der Waals surface area (Å²) >= 11 is 17.2. The van der Waals surface area contributed by atoms with Crippen molar-refractivity contribution in [1.29, 1.82) is 0 Å². The lowest BCUT2D eigenvalue weighted by Crippen LogP contribution is -2.60. The Morgan fingerprint density at radius 3 is 2.45 bits per heavy atom. The first-order valence-corrected chi connectivity index (χ1v) is 12.2. The van der Waals surface area contributed by atoms with Crippen molar-refractivity contribution in [2.24, 2.45) is 17.8 Å². The van der Waals surface area contributed by atoms with E-state index in [1.807, 2.05) is 0 Å². The molecule has 2 aliphatic heterocycles. The molecule has 2 saturated heterocycles. The summed E-state index contributed by atoms with van der Waals surface area (Å²) in [5, 5.41) is 20.2. The monoisotopic (exact) mass is 556 g/mol. The number of rotatable bonds is 2. The largest absolute Gasteiger partial charge is 0.508 e. The number of imide groups is 2. The van der Waals surface area contributed by atoms with E-state index in [0.717, 1.165) is 4.90 Å². The number of benzene rings is 1. The van der Waals surface area contributed by atoms with E-state index in [0.29, 0.717) is 16.7 Å². The van der Waals surface area contributed by atoms with Gasteiger partial charge in [-0.2, -0.15) is 5.06 Å². The number of hydroxylamine groups is 2. The topological polar surface area (TPSA) is 115 Å². The average Bonchev–Trinajstić information content (AvgIpc) is 3.09. The van der Waals surface area contributed by atoms with Crippen LogP contribution in [0.3, 0.4) is 0 Å². The molecule has 1 saturated carbocycles. The van der Waals surface area contributed by atoms with Crippen molar-refractivity contribution < 1.29 is 29.5 Å². The number of halogens is 3. The maximum absolute atomic E-state index is 13.5. The molecular formula is C22H19BrCl2N2O6. The molecule has 2 aliphatic carbocycles. The summed E-state index contributed by atoms with van der Waals surface area (Å²) in [6.07, 6.45) is 1.82. The van der Waals surface area contributed by atoms with E-state index in [2.05, 4.69) is 15.9 Å². The first-order chi connectivity index (χ1) is 15.5. The summed E-state index contributed by atoms with van der Waals surface area (Å²) in [6, 6.07) is 4.75. The Balaban J connectivity index is 1.76. The second kappa shape index (κ2) is 7.28. The third kappa shape index (κ3) is 2.68. The number of nitrogens with zero attached hydrogens (tertiary/aromatic N) is 2. The van der Waals surface area contributed by atoms with E-state index >= 15 is 0 Å². The van der Waals surface area contributed by atoms with Crippen molar-refractivity contribution in [3.63, 3.8) is 0 Å². The number of fused-ring (bicyclic) bond motifs is 4. The van der Waals surface area contributed by atoms with Crippen LogP contribution in [0.5, 0.6) is 5.75 Å². The first kappa shape index (κ1) is 22.8. The summed E-state index contributed by atoms with van der Waals surface area (Å²) in [4.78, 5) is 49.4. The molecule has 174 valence electrons. The van der Waals surface area contributed by atoms with Crippen molar-refractivity contribution in [2.75, 3.05) is 5.45 Å². The number of amides is 4. The van der Waals surface area contributed by atoms with Gasteiger partial charge in [-0.15, -0.1) is 23.2 Å². The Morgan fingerprint density at radius 1 is 1.12 bits per heavy atom. The van der Waals surface area contributed by atoms with Crippen LogP contribution in [0, 0.1) is 24.7 Å². The van der Waals surface area contributed by atoms with Crippen LogP contribution >= 0.6 is 39.1 Å². The Bertz CT molecular complexity index is 1170. The van der Waals surface area contributed by atoms with Crippen LogP contribution in [0.1, 0.15) is 29.9 Å². The van der Waals surface area contributed by atoms with Gasteiger partial charge in [-0.05, 0) is 42.9 Å². The van der Waals surface area contributed by atoms with Gasteiger partial charge in [-0.25, -0.2) is 0 Å². The van der Waals surface area contributed by atoms with E-state index in [-0.39, 0.29) is 29.1 Å². The number of phenols is 1. The third-order valence-corrected chi connectivity index (χ3v) is 9.46. The Morgan fingerprint density at radius 2 is 1.82 bits per heavy atom. The lowest BCUT2D eigenvalue weighted by molar-refractivity contribution is -0.173. The molecule has 2 heterocycles. The van der Waals surface area contributed by atoms with Gasteiger partial charge < -0.3 is 5.11 Å². The van der Waals surface area contributed by atoms with Gasteiger partial charge in [-0.3, -0.25) is 29.3 Å². The van der Waals surface area contributed by atoms with E-state index in [9.17, 15) is 29.5 Å². The molecule has 8 nitrogen and oxygen atoms in total. The fourth-order valence-electron chi connectivity index (χ4n) is 5.97. The van der Waals surface area contributed by atoms with Crippen LogP contribution in [0.25, 0.3) is 0 Å². The highest BCUT2D eigenvalue weighted by Crippen LogP contribution is 2.65. The number of carbonyl (C=O) groups excluding carboxylic acids is 4.